The van der Waals surface area contributed by atoms with Crippen molar-refractivity contribution in [1.82, 2.24) is 9.97 Å². The number of rotatable bonds is 8. The number of nitrogens with zero attached hydrogens (tertiary/aromatic N) is 2. The van der Waals surface area contributed by atoms with E-state index in [0.717, 1.165) is 19.3 Å². The topological polar surface area (TPSA) is 47.0 Å². The van der Waals surface area contributed by atoms with Crippen LogP contribution in [0.1, 0.15) is 33.1 Å². The highest BCUT2D eigenvalue weighted by molar-refractivity contribution is 6.20. The third kappa shape index (κ3) is 5.73. The van der Waals surface area contributed by atoms with Gasteiger partial charge in [-0.25, -0.2) is 4.98 Å². The number of hydrogen-bond acceptors (Lipinski definition) is 4. The van der Waals surface area contributed by atoms with Crippen LogP contribution in [0.25, 0.3) is 0 Å². The minimum absolute atomic E-state index is 0.115. The van der Waals surface area contributed by atoms with Gasteiger partial charge in [-0.15, -0.1) is 11.6 Å². The Morgan fingerprint density at radius 3 is 2.94 bits per heavy atom. The van der Waals surface area contributed by atoms with Gasteiger partial charge in [0.05, 0.1) is 12.0 Å². The highest BCUT2D eigenvalue weighted by Gasteiger charge is 2.04. The van der Waals surface area contributed by atoms with E-state index in [9.17, 15) is 0 Å². The van der Waals surface area contributed by atoms with E-state index in [0.29, 0.717) is 25.0 Å². The maximum absolute atomic E-state index is 6.10. The molecule has 0 saturated carbocycles. The van der Waals surface area contributed by atoms with Gasteiger partial charge in [-0.3, -0.25) is 0 Å². The molecule has 0 fully saturated rings. The van der Waals surface area contributed by atoms with E-state index in [4.69, 9.17) is 16.3 Å². The maximum Gasteiger partial charge on any atom is 0.225 e. The average Bonchev–Trinajstić information content (AvgIpc) is 2.35. The number of anilines is 1. The molecule has 0 bridgehead atoms. The first-order valence-corrected chi connectivity index (χ1v) is 6.53. The van der Waals surface area contributed by atoms with Gasteiger partial charge in [-0.2, -0.15) is 4.98 Å². The molecule has 96 valence electrons. The molecule has 0 amide bonds. The zero-order valence-electron chi connectivity index (χ0n) is 10.4. The third-order valence-corrected chi connectivity index (χ3v) is 2.54. The summed E-state index contributed by atoms with van der Waals surface area (Å²) in [6.45, 7) is 5.52. The molecule has 1 heterocycles. The number of aromatic nitrogens is 2. The van der Waals surface area contributed by atoms with E-state index in [1.807, 2.05) is 0 Å². The Balaban J connectivity index is 2.42. The molecule has 0 aliphatic carbocycles. The van der Waals surface area contributed by atoms with Crippen molar-refractivity contribution >= 4 is 17.5 Å². The van der Waals surface area contributed by atoms with Crippen LogP contribution in [0.3, 0.4) is 0 Å². The molecule has 1 rings (SSSR count). The Morgan fingerprint density at radius 2 is 2.24 bits per heavy atom. The Bertz CT molecular complexity index is 322. The summed E-state index contributed by atoms with van der Waals surface area (Å²) in [4.78, 5) is 8.36. The second-order valence-corrected chi connectivity index (χ2v) is 4.45. The number of alkyl halides is 1. The van der Waals surface area contributed by atoms with Gasteiger partial charge in [0.1, 0.15) is 0 Å². The van der Waals surface area contributed by atoms with Crippen molar-refractivity contribution in [3.8, 4) is 5.88 Å². The summed E-state index contributed by atoms with van der Waals surface area (Å²) in [5, 5.41) is 3.23. The standard InChI is InChI=1S/C12H20ClN3O/c1-3-5-10(13)9-15-12-14-7-6-11(16-12)17-8-4-2/h6-7,10H,3-5,8-9H2,1-2H3,(H,14,15,16). The summed E-state index contributed by atoms with van der Waals surface area (Å²) in [5.74, 6) is 1.17. The van der Waals surface area contributed by atoms with Crippen LogP contribution in [0.5, 0.6) is 5.88 Å². The van der Waals surface area contributed by atoms with Crippen LogP contribution in [-0.2, 0) is 0 Å². The monoisotopic (exact) mass is 257 g/mol. The Labute approximate surface area is 108 Å². The molecule has 1 aromatic heterocycles. The van der Waals surface area contributed by atoms with Crippen molar-refractivity contribution in [3.05, 3.63) is 12.3 Å². The molecule has 0 aromatic carbocycles. The molecule has 0 saturated heterocycles. The van der Waals surface area contributed by atoms with Crippen LogP contribution < -0.4 is 10.1 Å². The van der Waals surface area contributed by atoms with Gasteiger partial charge in [0.25, 0.3) is 0 Å². The predicted molar refractivity (Wildman–Crippen MR) is 70.9 cm³/mol. The van der Waals surface area contributed by atoms with E-state index >= 15 is 0 Å². The lowest BCUT2D eigenvalue weighted by Crippen LogP contribution is -2.15. The lowest BCUT2D eigenvalue weighted by atomic mass is 10.2. The zero-order valence-corrected chi connectivity index (χ0v) is 11.2. The van der Waals surface area contributed by atoms with Gasteiger partial charge in [0, 0.05) is 18.8 Å². The average molecular weight is 258 g/mol. The molecule has 1 aromatic rings. The quantitative estimate of drug-likeness (QED) is 0.727. The minimum atomic E-state index is 0.115. The molecule has 17 heavy (non-hydrogen) atoms. The van der Waals surface area contributed by atoms with E-state index in [1.165, 1.54) is 0 Å². The van der Waals surface area contributed by atoms with Crippen LogP contribution in [0.15, 0.2) is 12.3 Å². The predicted octanol–water partition coefficient (Wildman–Crippen LogP) is 3.08. The van der Waals surface area contributed by atoms with E-state index < -0.39 is 0 Å². The van der Waals surface area contributed by atoms with Gasteiger partial charge in [0.15, 0.2) is 0 Å². The number of nitrogens with one attached hydrogen (secondary N) is 1. The first-order chi connectivity index (χ1) is 8.26. The van der Waals surface area contributed by atoms with Gasteiger partial charge < -0.3 is 10.1 Å². The summed E-state index contributed by atoms with van der Waals surface area (Å²) in [6.07, 6.45) is 4.72. The van der Waals surface area contributed by atoms with Crippen molar-refractivity contribution in [2.75, 3.05) is 18.5 Å². The molecule has 0 radical (unpaired) electrons. The third-order valence-electron chi connectivity index (χ3n) is 2.17. The van der Waals surface area contributed by atoms with Crippen LogP contribution >= 0.6 is 11.6 Å². The molecular weight excluding hydrogens is 238 g/mol. The van der Waals surface area contributed by atoms with Gasteiger partial charge >= 0.3 is 0 Å². The second kappa shape index (κ2) is 8.12. The van der Waals surface area contributed by atoms with Crippen LogP contribution in [0.2, 0.25) is 0 Å². The minimum Gasteiger partial charge on any atom is -0.478 e. The SMILES string of the molecule is CCCOc1ccnc(NCC(Cl)CCC)n1. The molecule has 0 aliphatic rings. The Hall–Kier alpha value is -1.03. The first kappa shape index (κ1) is 14.0. The normalized spacial score (nSPS) is 12.2. The molecule has 1 atom stereocenters. The number of ether oxygens (including phenoxy) is 1. The largest absolute Gasteiger partial charge is 0.478 e. The van der Waals surface area contributed by atoms with E-state index in [-0.39, 0.29) is 5.38 Å². The number of halogens is 1. The molecule has 4 nitrogen and oxygen atoms in total. The van der Waals surface area contributed by atoms with Crippen LogP contribution in [0, 0.1) is 0 Å². The summed E-state index contributed by atoms with van der Waals surface area (Å²) in [5.41, 5.74) is 0. The summed E-state index contributed by atoms with van der Waals surface area (Å²) in [7, 11) is 0. The van der Waals surface area contributed by atoms with Gasteiger partial charge in [-0.05, 0) is 12.8 Å². The Kier molecular flexibility index (Phi) is 6.70. The molecule has 1 N–H and O–H groups in total. The van der Waals surface area contributed by atoms with Crippen LogP contribution in [-0.4, -0.2) is 28.5 Å². The summed E-state index contributed by atoms with van der Waals surface area (Å²) in [6, 6.07) is 1.76. The smallest absolute Gasteiger partial charge is 0.225 e. The molecule has 0 spiro atoms. The van der Waals surface area contributed by atoms with Gasteiger partial charge in [-0.1, -0.05) is 20.3 Å². The first-order valence-electron chi connectivity index (χ1n) is 6.10. The fourth-order valence-electron chi connectivity index (χ4n) is 1.33. The van der Waals surface area contributed by atoms with Crippen molar-refractivity contribution in [3.63, 3.8) is 0 Å². The van der Waals surface area contributed by atoms with Crippen molar-refractivity contribution < 1.29 is 4.74 Å². The fourth-order valence-corrected chi connectivity index (χ4v) is 1.63. The molecule has 1 unspecified atom stereocenters. The summed E-state index contributed by atoms with van der Waals surface area (Å²) >= 11 is 6.10. The van der Waals surface area contributed by atoms with Crippen molar-refractivity contribution in [1.29, 1.82) is 0 Å². The van der Waals surface area contributed by atoms with Crippen LogP contribution in [0.4, 0.5) is 5.95 Å². The van der Waals surface area contributed by atoms with Crippen molar-refractivity contribution in [2.24, 2.45) is 0 Å². The Morgan fingerprint density at radius 1 is 1.41 bits per heavy atom. The fraction of sp³-hybridized carbons (Fsp3) is 0.667. The summed E-state index contributed by atoms with van der Waals surface area (Å²) < 4.78 is 5.43. The van der Waals surface area contributed by atoms with Gasteiger partial charge in [0.2, 0.25) is 11.8 Å². The highest BCUT2D eigenvalue weighted by atomic mass is 35.5. The van der Waals surface area contributed by atoms with E-state index in [2.05, 4.69) is 29.1 Å². The molecule has 5 heteroatoms. The molecular formula is C12H20ClN3O. The van der Waals surface area contributed by atoms with Crippen molar-refractivity contribution in [2.45, 2.75) is 38.5 Å². The highest BCUT2D eigenvalue weighted by Crippen LogP contribution is 2.10. The zero-order chi connectivity index (χ0) is 12.5. The maximum atomic E-state index is 6.10. The lowest BCUT2D eigenvalue weighted by Gasteiger charge is -2.10. The number of hydrogen-bond donors (Lipinski definition) is 1. The van der Waals surface area contributed by atoms with E-state index in [1.54, 1.807) is 12.3 Å². The second-order valence-electron chi connectivity index (χ2n) is 3.83. The lowest BCUT2D eigenvalue weighted by molar-refractivity contribution is 0.305. The molecule has 0 aliphatic heterocycles.